The van der Waals surface area contributed by atoms with Crippen LogP contribution < -0.4 is 10.2 Å². The fourth-order valence-corrected chi connectivity index (χ4v) is 5.11. The summed E-state index contributed by atoms with van der Waals surface area (Å²) in [6.07, 6.45) is 6.25. The van der Waals surface area contributed by atoms with E-state index >= 15 is 0 Å². The summed E-state index contributed by atoms with van der Waals surface area (Å²) in [4.78, 5) is 25.7. The van der Waals surface area contributed by atoms with Gasteiger partial charge in [0, 0.05) is 70.1 Å². The molecule has 0 aromatic carbocycles. The fourth-order valence-electron chi connectivity index (χ4n) is 5.11. The lowest BCUT2D eigenvalue weighted by atomic mass is 10.1. The van der Waals surface area contributed by atoms with Crippen molar-refractivity contribution in [3.63, 3.8) is 0 Å². The number of nitrogens with one attached hydrogen (secondary N) is 1. The van der Waals surface area contributed by atoms with E-state index in [0.29, 0.717) is 17.5 Å². The van der Waals surface area contributed by atoms with Crippen LogP contribution in [0.5, 0.6) is 0 Å². The largest absolute Gasteiger partial charge is 0.392 e. The number of fused-ring (bicyclic) bond motifs is 1. The van der Waals surface area contributed by atoms with Gasteiger partial charge >= 0.3 is 0 Å². The average Bonchev–Trinajstić information content (AvgIpc) is 2.90. The zero-order valence-corrected chi connectivity index (χ0v) is 21.8. The van der Waals surface area contributed by atoms with E-state index in [9.17, 15) is 10.2 Å². The Morgan fingerprint density at radius 2 is 1.65 bits per heavy atom. The zero-order valence-electron chi connectivity index (χ0n) is 21.8. The number of hydrogen-bond acceptors (Lipinski definition) is 10. The molecule has 3 aromatic rings. The highest BCUT2D eigenvalue weighted by molar-refractivity contribution is 5.89. The van der Waals surface area contributed by atoms with Gasteiger partial charge in [-0.25, -0.2) is 19.9 Å². The molecule has 10 heteroatoms. The SMILES string of the molecule is C[C@@H](O)CN1CCN(Cc2ccc(Nc3ncc4cc([C@@H](C)O)nc(N5CCCCC5)c4n3)nc2)CC1. The maximum atomic E-state index is 10.2. The highest BCUT2D eigenvalue weighted by atomic mass is 16.3. The second-order valence-corrected chi connectivity index (χ2v) is 10.3. The summed E-state index contributed by atoms with van der Waals surface area (Å²) in [6, 6.07) is 5.93. The number of aromatic nitrogens is 4. The molecule has 0 radical (unpaired) electrons. The van der Waals surface area contributed by atoms with E-state index in [0.717, 1.165) is 87.5 Å². The molecule has 2 saturated heterocycles. The first-order valence-corrected chi connectivity index (χ1v) is 13.4. The molecule has 3 aromatic heterocycles. The van der Waals surface area contributed by atoms with Gasteiger partial charge in [0.25, 0.3) is 0 Å². The Balaban J connectivity index is 1.27. The molecule has 5 heterocycles. The number of piperazine rings is 1. The third-order valence-corrected chi connectivity index (χ3v) is 7.11. The van der Waals surface area contributed by atoms with Gasteiger partial charge in [0.1, 0.15) is 11.3 Å². The van der Waals surface area contributed by atoms with Gasteiger partial charge in [-0.1, -0.05) is 6.07 Å². The molecule has 2 fully saturated rings. The first kappa shape index (κ1) is 25.7. The minimum atomic E-state index is -0.651. The Hall–Kier alpha value is -2.92. The molecule has 10 nitrogen and oxygen atoms in total. The number of rotatable bonds is 8. The van der Waals surface area contributed by atoms with Crippen molar-refractivity contribution in [2.24, 2.45) is 0 Å². The van der Waals surface area contributed by atoms with Gasteiger partial charge in [-0.2, -0.15) is 0 Å². The Morgan fingerprint density at radius 1 is 0.892 bits per heavy atom. The molecular weight excluding hydrogens is 468 g/mol. The Morgan fingerprint density at radius 3 is 2.32 bits per heavy atom. The highest BCUT2D eigenvalue weighted by Crippen LogP contribution is 2.29. The standard InChI is InChI=1S/C27H38N8O2/c1-19(36)17-33-10-12-34(13-11-33)18-21-6-7-24(28-15-21)31-27-29-16-22-14-23(20(2)37)30-26(25(22)32-27)35-8-4-3-5-9-35/h6-7,14-16,19-20,36-37H,3-5,8-13,17-18H2,1-2H3,(H,28,29,31,32)/t19-,20-/m1/s1. The van der Waals surface area contributed by atoms with E-state index in [1.165, 1.54) is 6.42 Å². The highest BCUT2D eigenvalue weighted by Gasteiger charge is 2.20. The summed E-state index contributed by atoms with van der Waals surface area (Å²) < 4.78 is 0. The second kappa shape index (κ2) is 11.6. The number of nitrogens with zero attached hydrogens (tertiary/aromatic N) is 7. The molecule has 0 amide bonds. The molecule has 37 heavy (non-hydrogen) atoms. The molecule has 0 bridgehead atoms. The van der Waals surface area contributed by atoms with Crippen LogP contribution in [0.25, 0.3) is 10.9 Å². The molecule has 3 N–H and O–H groups in total. The van der Waals surface area contributed by atoms with Crippen LogP contribution in [-0.4, -0.2) is 91.9 Å². The van der Waals surface area contributed by atoms with Crippen LogP contribution in [0, 0.1) is 0 Å². The molecule has 0 aliphatic carbocycles. The smallest absolute Gasteiger partial charge is 0.229 e. The molecule has 2 aliphatic rings. The Labute approximate surface area is 218 Å². The van der Waals surface area contributed by atoms with E-state index in [1.807, 2.05) is 25.3 Å². The van der Waals surface area contributed by atoms with Crippen molar-refractivity contribution >= 4 is 28.5 Å². The molecule has 2 atom stereocenters. The minimum absolute atomic E-state index is 0.281. The topological polar surface area (TPSA) is 114 Å². The van der Waals surface area contributed by atoms with Crippen molar-refractivity contribution in [1.29, 1.82) is 0 Å². The van der Waals surface area contributed by atoms with Crippen LogP contribution in [0.3, 0.4) is 0 Å². The molecule has 0 unspecified atom stereocenters. The average molecular weight is 507 g/mol. The summed E-state index contributed by atoms with van der Waals surface area (Å²) in [6.45, 7) is 11.0. The van der Waals surface area contributed by atoms with Gasteiger partial charge in [-0.3, -0.25) is 9.80 Å². The monoisotopic (exact) mass is 506 g/mol. The summed E-state index contributed by atoms with van der Waals surface area (Å²) in [5.74, 6) is 1.99. The van der Waals surface area contributed by atoms with E-state index in [2.05, 4.69) is 36.1 Å². The summed E-state index contributed by atoms with van der Waals surface area (Å²) >= 11 is 0. The van der Waals surface area contributed by atoms with Gasteiger partial charge in [0.15, 0.2) is 5.82 Å². The molecule has 5 rings (SSSR count). The number of pyridine rings is 2. The Kier molecular flexibility index (Phi) is 8.09. The third kappa shape index (κ3) is 6.51. The first-order valence-electron chi connectivity index (χ1n) is 13.4. The van der Waals surface area contributed by atoms with Crippen molar-refractivity contribution in [2.45, 2.75) is 51.9 Å². The van der Waals surface area contributed by atoms with Crippen molar-refractivity contribution < 1.29 is 10.2 Å². The van der Waals surface area contributed by atoms with E-state index in [1.54, 1.807) is 13.1 Å². The molecule has 2 aliphatic heterocycles. The lowest BCUT2D eigenvalue weighted by Gasteiger charge is -2.35. The van der Waals surface area contributed by atoms with Crippen LogP contribution in [0.2, 0.25) is 0 Å². The van der Waals surface area contributed by atoms with Crippen molar-refractivity contribution in [3.05, 3.63) is 41.9 Å². The van der Waals surface area contributed by atoms with Crippen LogP contribution in [0.15, 0.2) is 30.6 Å². The van der Waals surface area contributed by atoms with Crippen LogP contribution >= 0.6 is 0 Å². The lowest BCUT2D eigenvalue weighted by molar-refractivity contribution is 0.0780. The Bertz CT molecular complexity index is 1170. The second-order valence-electron chi connectivity index (χ2n) is 10.3. The number of aliphatic hydroxyl groups excluding tert-OH is 2. The molecular formula is C27H38N8O2. The minimum Gasteiger partial charge on any atom is -0.392 e. The van der Waals surface area contributed by atoms with Crippen molar-refractivity contribution in [2.75, 3.05) is 56.0 Å². The van der Waals surface area contributed by atoms with Gasteiger partial charge in [0.05, 0.1) is 17.9 Å². The molecule has 0 spiro atoms. The predicted molar refractivity (Wildman–Crippen MR) is 145 cm³/mol. The summed E-state index contributed by atoms with van der Waals surface area (Å²) in [5, 5.41) is 23.9. The van der Waals surface area contributed by atoms with Gasteiger partial charge in [-0.15, -0.1) is 0 Å². The van der Waals surface area contributed by atoms with Crippen LogP contribution in [0.4, 0.5) is 17.6 Å². The van der Waals surface area contributed by atoms with Gasteiger partial charge < -0.3 is 20.4 Å². The maximum absolute atomic E-state index is 10.2. The number of aliphatic hydroxyl groups is 2. The van der Waals surface area contributed by atoms with Crippen molar-refractivity contribution in [3.8, 4) is 0 Å². The molecule has 198 valence electrons. The summed E-state index contributed by atoms with van der Waals surface area (Å²) in [5.41, 5.74) is 2.59. The number of anilines is 3. The normalized spacial score (nSPS) is 19.2. The van der Waals surface area contributed by atoms with Gasteiger partial charge in [0.2, 0.25) is 5.95 Å². The lowest BCUT2D eigenvalue weighted by Crippen LogP contribution is -2.47. The molecule has 0 saturated carbocycles. The van der Waals surface area contributed by atoms with E-state index in [-0.39, 0.29) is 6.10 Å². The number of β-amino-alcohol motifs (C(OH)–C–C–N with tert-alkyl or cyclic N) is 1. The fraction of sp³-hybridized carbons (Fsp3) is 0.556. The van der Waals surface area contributed by atoms with E-state index < -0.39 is 6.10 Å². The van der Waals surface area contributed by atoms with Crippen LogP contribution in [0.1, 0.15) is 50.5 Å². The van der Waals surface area contributed by atoms with Crippen LogP contribution in [-0.2, 0) is 6.54 Å². The van der Waals surface area contributed by atoms with Gasteiger partial charge in [-0.05, 0) is 50.8 Å². The number of hydrogen-bond donors (Lipinski definition) is 3. The quantitative estimate of drug-likeness (QED) is 0.421. The van der Waals surface area contributed by atoms with Crippen molar-refractivity contribution in [1.82, 2.24) is 29.7 Å². The maximum Gasteiger partial charge on any atom is 0.229 e. The summed E-state index contributed by atoms with van der Waals surface area (Å²) in [7, 11) is 0. The number of piperidine rings is 1. The zero-order chi connectivity index (χ0) is 25.8. The third-order valence-electron chi connectivity index (χ3n) is 7.11. The predicted octanol–water partition coefficient (Wildman–Crippen LogP) is 2.71. The van der Waals surface area contributed by atoms with E-state index in [4.69, 9.17) is 9.97 Å². The first-order chi connectivity index (χ1) is 17.9.